The maximum atomic E-state index is 9.31. The molecule has 1 aliphatic rings. The summed E-state index contributed by atoms with van der Waals surface area (Å²) in [5, 5.41) is 18.5. The number of hydrogen-bond acceptors (Lipinski definition) is 4. The molecule has 1 saturated heterocycles. The second-order valence-corrected chi connectivity index (χ2v) is 5.28. The van der Waals surface area contributed by atoms with Crippen LogP contribution in [-0.4, -0.2) is 42.7 Å². The van der Waals surface area contributed by atoms with Crippen LogP contribution in [0.1, 0.15) is 24.5 Å². The molecular formula is C15H21N3O. The van der Waals surface area contributed by atoms with E-state index in [9.17, 15) is 5.26 Å². The summed E-state index contributed by atoms with van der Waals surface area (Å²) in [6.07, 6.45) is 1.10. The summed E-state index contributed by atoms with van der Waals surface area (Å²) in [4.78, 5) is 4.64. The van der Waals surface area contributed by atoms with E-state index in [1.807, 2.05) is 12.1 Å². The predicted octanol–water partition coefficient (Wildman–Crippen LogP) is 1.58. The third kappa shape index (κ3) is 3.06. The van der Waals surface area contributed by atoms with Crippen LogP contribution in [0, 0.1) is 11.3 Å². The van der Waals surface area contributed by atoms with Gasteiger partial charge in [-0.3, -0.25) is 0 Å². The molecule has 102 valence electrons. The standard InChI is InChI=1S/C15H21N3O/c1-12-10-17(2)6-3-7-18(12)15-5-4-13(11-19)8-14(15)9-16/h4-5,8,12,19H,3,6-7,10-11H2,1-2H3. The molecule has 19 heavy (non-hydrogen) atoms. The lowest BCUT2D eigenvalue weighted by Crippen LogP contribution is -2.38. The number of nitrogens with zero attached hydrogens (tertiary/aromatic N) is 3. The molecule has 1 fully saturated rings. The van der Waals surface area contributed by atoms with Crippen molar-refractivity contribution in [3.05, 3.63) is 29.3 Å². The molecule has 1 N–H and O–H groups in total. The molecule has 1 atom stereocenters. The van der Waals surface area contributed by atoms with Gasteiger partial charge in [-0.1, -0.05) is 6.07 Å². The number of aliphatic hydroxyl groups excluding tert-OH is 1. The maximum absolute atomic E-state index is 9.31. The minimum Gasteiger partial charge on any atom is -0.392 e. The van der Waals surface area contributed by atoms with E-state index in [0.29, 0.717) is 11.6 Å². The molecule has 1 unspecified atom stereocenters. The van der Waals surface area contributed by atoms with Gasteiger partial charge in [-0.2, -0.15) is 5.26 Å². The number of rotatable bonds is 2. The zero-order valence-corrected chi connectivity index (χ0v) is 11.6. The lowest BCUT2D eigenvalue weighted by molar-refractivity contribution is 0.282. The summed E-state index contributed by atoms with van der Waals surface area (Å²) in [5.74, 6) is 0. The molecule has 4 heteroatoms. The highest BCUT2D eigenvalue weighted by atomic mass is 16.3. The molecule has 1 aromatic carbocycles. The van der Waals surface area contributed by atoms with Crippen LogP contribution < -0.4 is 4.90 Å². The average Bonchev–Trinajstić information content (AvgIpc) is 2.58. The Morgan fingerprint density at radius 3 is 2.89 bits per heavy atom. The molecule has 2 rings (SSSR count). The molecule has 0 aliphatic carbocycles. The van der Waals surface area contributed by atoms with Crippen molar-refractivity contribution in [2.75, 3.05) is 31.6 Å². The highest BCUT2D eigenvalue weighted by Gasteiger charge is 2.21. The lowest BCUT2D eigenvalue weighted by atomic mass is 10.1. The third-order valence-electron chi connectivity index (χ3n) is 3.72. The molecule has 0 amide bonds. The van der Waals surface area contributed by atoms with Crippen molar-refractivity contribution in [1.29, 1.82) is 5.26 Å². The first-order valence-electron chi connectivity index (χ1n) is 6.74. The van der Waals surface area contributed by atoms with Gasteiger partial charge in [0.05, 0.1) is 17.9 Å². The Labute approximate surface area is 114 Å². The van der Waals surface area contributed by atoms with E-state index in [1.165, 1.54) is 0 Å². The summed E-state index contributed by atoms with van der Waals surface area (Å²) in [5.41, 5.74) is 2.44. The molecule has 0 spiro atoms. The fourth-order valence-electron chi connectivity index (χ4n) is 2.75. The highest BCUT2D eigenvalue weighted by molar-refractivity contribution is 5.61. The monoisotopic (exact) mass is 259 g/mol. The Morgan fingerprint density at radius 2 is 2.21 bits per heavy atom. The molecule has 1 aliphatic heterocycles. The first-order valence-corrected chi connectivity index (χ1v) is 6.74. The van der Waals surface area contributed by atoms with Gasteiger partial charge >= 0.3 is 0 Å². The number of benzene rings is 1. The van der Waals surface area contributed by atoms with Gasteiger partial charge < -0.3 is 14.9 Å². The third-order valence-corrected chi connectivity index (χ3v) is 3.72. The van der Waals surface area contributed by atoms with E-state index in [2.05, 4.69) is 29.8 Å². The largest absolute Gasteiger partial charge is 0.392 e. The quantitative estimate of drug-likeness (QED) is 0.876. The van der Waals surface area contributed by atoms with E-state index < -0.39 is 0 Å². The van der Waals surface area contributed by atoms with Gasteiger partial charge in [-0.15, -0.1) is 0 Å². The molecule has 0 radical (unpaired) electrons. The number of hydrogen-bond donors (Lipinski definition) is 1. The molecule has 1 heterocycles. The normalized spacial score (nSPS) is 20.9. The second kappa shape index (κ2) is 6.05. The van der Waals surface area contributed by atoms with Crippen molar-refractivity contribution >= 4 is 5.69 Å². The first-order chi connectivity index (χ1) is 9.15. The summed E-state index contributed by atoms with van der Waals surface area (Å²) in [7, 11) is 2.14. The van der Waals surface area contributed by atoms with Crippen molar-refractivity contribution in [3.63, 3.8) is 0 Å². The van der Waals surface area contributed by atoms with Gasteiger partial charge in [0.15, 0.2) is 0 Å². The summed E-state index contributed by atoms with van der Waals surface area (Å²) in [6.45, 7) is 5.25. The van der Waals surface area contributed by atoms with Crippen LogP contribution >= 0.6 is 0 Å². The van der Waals surface area contributed by atoms with Gasteiger partial charge in [0.2, 0.25) is 0 Å². The van der Waals surface area contributed by atoms with Crippen LogP contribution in [0.2, 0.25) is 0 Å². The summed E-state index contributed by atoms with van der Waals surface area (Å²) < 4.78 is 0. The number of nitriles is 1. The van der Waals surface area contributed by atoms with E-state index in [1.54, 1.807) is 6.07 Å². The average molecular weight is 259 g/mol. The maximum Gasteiger partial charge on any atom is 0.101 e. The minimum atomic E-state index is -0.0206. The van der Waals surface area contributed by atoms with Gasteiger partial charge in [0.25, 0.3) is 0 Å². The topological polar surface area (TPSA) is 50.5 Å². The van der Waals surface area contributed by atoms with Crippen molar-refractivity contribution in [1.82, 2.24) is 4.90 Å². The Kier molecular flexibility index (Phi) is 4.41. The van der Waals surface area contributed by atoms with Gasteiger partial charge in [0, 0.05) is 19.1 Å². The first kappa shape index (κ1) is 13.9. The summed E-state index contributed by atoms with van der Waals surface area (Å²) in [6, 6.07) is 8.29. The van der Waals surface area contributed by atoms with E-state index >= 15 is 0 Å². The lowest BCUT2D eigenvalue weighted by Gasteiger charge is -2.31. The molecule has 0 aromatic heterocycles. The van der Waals surface area contributed by atoms with E-state index in [-0.39, 0.29) is 6.61 Å². The van der Waals surface area contributed by atoms with Gasteiger partial charge in [0.1, 0.15) is 6.07 Å². The van der Waals surface area contributed by atoms with E-state index in [0.717, 1.165) is 37.3 Å². The summed E-state index contributed by atoms with van der Waals surface area (Å²) >= 11 is 0. The fraction of sp³-hybridized carbons (Fsp3) is 0.533. The van der Waals surface area contributed by atoms with Crippen LogP contribution in [-0.2, 0) is 6.61 Å². The Bertz CT molecular complexity index is 481. The Balaban J connectivity index is 2.32. The SMILES string of the molecule is CC1CN(C)CCCN1c1ccc(CO)cc1C#N. The zero-order chi connectivity index (χ0) is 13.8. The number of aliphatic hydroxyl groups is 1. The van der Waals surface area contributed by atoms with Crippen molar-refractivity contribution in [2.24, 2.45) is 0 Å². The van der Waals surface area contributed by atoms with Crippen LogP contribution in [0.25, 0.3) is 0 Å². The number of anilines is 1. The second-order valence-electron chi connectivity index (χ2n) is 5.28. The molecule has 1 aromatic rings. The highest BCUT2D eigenvalue weighted by Crippen LogP contribution is 2.25. The van der Waals surface area contributed by atoms with Crippen molar-refractivity contribution in [2.45, 2.75) is 26.0 Å². The molecule has 0 saturated carbocycles. The van der Waals surface area contributed by atoms with Crippen LogP contribution in [0.4, 0.5) is 5.69 Å². The van der Waals surface area contributed by atoms with Gasteiger partial charge in [-0.05, 0) is 44.6 Å². The smallest absolute Gasteiger partial charge is 0.101 e. The number of likely N-dealkylation sites (N-methyl/N-ethyl adjacent to an activating group) is 1. The van der Waals surface area contributed by atoms with E-state index in [4.69, 9.17) is 5.11 Å². The fourth-order valence-corrected chi connectivity index (χ4v) is 2.75. The minimum absolute atomic E-state index is 0.0206. The van der Waals surface area contributed by atoms with Crippen molar-refractivity contribution < 1.29 is 5.11 Å². The molecule has 4 nitrogen and oxygen atoms in total. The van der Waals surface area contributed by atoms with Crippen LogP contribution in [0.3, 0.4) is 0 Å². The zero-order valence-electron chi connectivity index (χ0n) is 11.6. The molecule has 0 bridgehead atoms. The van der Waals surface area contributed by atoms with Crippen molar-refractivity contribution in [3.8, 4) is 6.07 Å². The van der Waals surface area contributed by atoms with Crippen LogP contribution in [0.5, 0.6) is 0 Å². The van der Waals surface area contributed by atoms with Crippen LogP contribution in [0.15, 0.2) is 18.2 Å². The van der Waals surface area contributed by atoms with Gasteiger partial charge in [-0.25, -0.2) is 0 Å². The Hall–Kier alpha value is -1.57. The predicted molar refractivity (Wildman–Crippen MR) is 76.0 cm³/mol. The Morgan fingerprint density at radius 1 is 1.42 bits per heavy atom. The molecular weight excluding hydrogens is 238 g/mol.